The molecular weight excluding hydrogens is 334 g/mol. The molecule has 146 valence electrons. The Morgan fingerprint density at radius 1 is 1.26 bits per heavy atom. The highest BCUT2D eigenvalue weighted by Crippen LogP contribution is 2.61. The lowest BCUT2D eigenvalue weighted by atomic mass is 9.45. The third-order valence-electron chi connectivity index (χ3n) is 7.47. The highest BCUT2D eigenvalue weighted by molar-refractivity contribution is 5.94. The van der Waals surface area contributed by atoms with Crippen LogP contribution in [0.25, 0.3) is 0 Å². The standard InChI is InChI=1S/C23H33N3O/c1-4-8-21-19(16-9-6-5-7-10-16)15-26(25-21)22(27)24-14-17-11-12-18-13-20(17)23(18,2)3/h5-7,9-10,17-20H,4,8,11-15H2,1-3H3,(H,24,27)/t17-,18?,19?,20?/m0/s1. The average molecular weight is 368 g/mol. The number of carbonyl (C=O) groups excluding carboxylic acids is 1. The van der Waals surface area contributed by atoms with Crippen LogP contribution in [0.3, 0.4) is 0 Å². The maximum atomic E-state index is 12.8. The van der Waals surface area contributed by atoms with E-state index in [1.54, 1.807) is 5.01 Å². The van der Waals surface area contributed by atoms with Crippen LogP contribution in [0.1, 0.15) is 64.4 Å². The predicted octanol–water partition coefficient (Wildman–Crippen LogP) is 5.02. The van der Waals surface area contributed by atoms with Gasteiger partial charge in [-0.2, -0.15) is 5.10 Å². The number of rotatable bonds is 5. The van der Waals surface area contributed by atoms with E-state index in [2.05, 4.69) is 50.4 Å². The van der Waals surface area contributed by atoms with Crippen LogP contribution in [-0.4, -0.2) is 29.8 Å². The third-order valence-corrected chi connectivity index (χ3v) is 7.47. The van der Waals surface area contributed by atoms with E-state index >= 15 is 0 Å². The second-order valence-electron chi connectivity index (χ2n) is 9.27. The Hall–Kier alpha value is -1.84. The van der Waals surface area contributed by atoms with E-state index in [0.29, 0.717) is 17.9 Å². The van der Waals surface area contributed by atoms with Gasteiger partial charge in [0.05, 0.1) is 6.54 Å². The fourth-order valence-electron chi connectivity index (χ4n) is 5.65. The first-order valence-electron chi connectivity index (χ1n) is 10.7. The quantitative estimate of drug-likeness (QED) is 0.780. The number of nitrogens with zero attached hydrogens (tertiary/aromatic N) is 2. The topological polar surface area (TPSA) is 44.7 Å². The molecule has 1 N–H and O–H groups in total. The molecule has 0 aromatic heterocycles. The lowest BCUT2D eigenvalue weighted by Crippen LogP contribution is -2.55. The van der Waals surface area contributed by atoms with Gasteiger partial charge < -0.3 is 5.32 Å². The van der Waals surface area contributed by atoms with Crippen LogP contribution in [-0.2, 0) is 0 Å². The van der Waals surface area contributed by atoms with Gasteiger partial charge >= 0.3 is 6.03 Å². The molecule has 2 bridgehead atoms. The number of nitrogens with one attached hydrogen (secondary N) is 1. The molecule has 0 saturated heterocycles. The number of carbonyl (C=O) groups is 1. The summed E-state index contributed by atoms with van der Waals surface area (Å²) < 4.78 is 0. The van der Waals surface area contributed by atoms with Crippen LogP contribution in [0.4, 0.5) is 4.79 Å². The highest BCUT2D eigenvalue weighted by atomic mass is 16.2. The molecule has 4 heteroatoms. The predicted molar refractivity (Wildman–Crippen MR) is 110 cm³/mol. The van der Waals surface area contributed by atoms with Crippen LogP contribution in [0.5, 0.6) is 0 Å². The van der Waals surface area contributed by atoms with E-state index in [-0.39, 0.29) is 11.9 Å². The number of fused-ring (bicyclic) bond motifs is 2. The second kappa shape index (κ2) is 7.29. The highest BCUT2D eigenvalue weighted by Gasteiger charge is 2.54. The van der Waals surface area contributed by atoms with E-state index in [0.717, 1.165) is 36.9 Å². The number of amides is 2. The molecule has 1 heterocycles. The fraction of sp³-hybridized carbons (Fsp3) is 0.652. The zero-order chi connectivity index (χ0) is 19.0. The van der Waals surface area contributed by atoms with Gasteiger partial charge in [-0.15, -0.1) is 0 Å². The summed E-state index contributed by atoms with van der Waals surface area (Å²) in [6.45, 7) is 8.44. The number of hydrazone groups is 1. The molecular formula is C23H33N3O. The molecule has 1 aromatic carbocycles. The van der Waals surface area contributed by atoms with Crippen LogP contribution < -0.4 is 5.32 Å². The van der Waals surface area contributed by atoms with Gasteiger partial charge in [-0.3, -0.25) is 0 Å². The lowest BCUT2D eigenvalue weighted by molar-refractivity contribution is -0.103. The lowest BCUT2D eigenvalue weighted by Gasteiger charge is -2.60. The monoisotopic (exact) mass is 367 g/mol. The van der Waals surface area contributed by atoms with Crippen LogP contribution >= 0.6 is 0 Å². The van der Waals surface area contributed by atoms with Crippen molar-refractivity contribution in [3.05, 3.63) is 35.9 Å². The first-order chi connectivity index (χ1) is 13.0. The van der Waals surface area contributed by atoms with Crippen molar-refractivity contribution in [3.63, 3.8) is 0 Å². The van der Waals surface area contributed by atoms with Crippen LogP contribution in [0.15, 0.2) is 35.4 Å². The van der Waals surface area contributed by atoms with E-state index in [4.69, 9.17) is 5.10 Å². The average Bonchev–Trinajstić information content (AvgIpc) is 3.11. The van der Waals surface area contributed by atoms with Crippen molar-refractivity contribution in [3.8, 4) is 0 Å². The summed E-state index contributed by atoms with van der Waals surface area (Å²) in [4.78, 5) is 12.8. The van der Waals surface area contributed by atoms with Gasteiger partial charge in [-0.25, -0.2) is 9.80 Å². The molecule has 4 nitrogen and oxygen atoms in total. The van der Waals surface area contributed by atoms with Crippen molar-refractivity contribution < 1.29 is 4.79 Å². The number of benzene rings is 1. The molecule has 0 spiro atoms. The molecule has 1 aromatic rings. The minimum absolute atomic E-state index is 0.0266. The first kappa shape index (κ1) is 18.5. The minimum atomic E-state index is -0.0266. The minimum Gasteiger partial charge on any atom is -0.336 e. The van der Waals surface area contributed by atoms with Gasteiger partial charge in [0.25, 0.3) is 0 Å². The third kappa shape index (κ3) is 3.39. The van der Waals surface area contributed by atoms with E-state index in [1.807, 2.05) is 6.07 Å². The van der Waals surface area contributed by atoms with Gasteiger partial charge in [0.1, 0.15) is 0 Å². The van der Waals surface area contributed by atoms with Crippen LogP contribution in [0.2, 0.25) is 0 Å². The van der Waals surface area contributed by atoms with Crippen molar-refractivity contribution in [1.29, 1.82) is 0 Å². The maximum Gasteiger partial charge on any atom is 0.337 e. The molecule has 3 aliphatic carbocycles. The summed E-state index contributed by atoms with van der Waals surface area (Å²) in [7, 11) is 0. The van der Waals surface area contributed by atoms with Crippen molar-refractivity contribution in [2.75, 3.05) is 13.1 Å². The second-order valence-corrected chi connectivity index (χ2v) is 9.27. The molecule has 3 fully saturated rings. The summed E-state index contributed by atoms with van der Waals surface area (Å²) in [6.07, 6.45) is 5.94. The SMILES string of the molecule is CCCC1=NN(C(=O)NC[C@@H]2CCC3CC2C3(C)C)CC1c1ccccc1. The van der Waals surface area contributed by atoms with E-state index in [1.165, 1.54) is 24.8 Å². The summed E-state index contributed by atoms with van der Waals surface area (Å²) in [5, 5.41) is 9.56. The molecule has 0 radical (unpaired) electrons. The molecule has 1 aliphatic heterocycles. The molecule has 27 heavy (non-hydrogen) atoms. The fourth-order valence-corrected chi connectivity index (χ4v) is 5.65. The number of urea groups is 1. The van der Waals surface area contributed by atoms with Gasteiger partial charge in [-0.1, -0.05) is 57.5 Å². The Morgan fingerprint density at radius 2 is 2.04 bits per heavy atom. The van der Waals surface area contributed by atoms with Crippen molar-refractivity contribution in [2.45, 2.75) is 58.8 Å². The Labute approximate surface area is 163 Å². The smallest absolute Gasteiger partial charge is 0.336 e. The van der Waals surface area contributed by atoms with E-state index in [9.17, 15) is 4.79 Å². The van der Waals surface area contributed by atoms with Gasteiger partial charge in [-0.05, 0) is 54.4 Å². The van der Waals surface area contributed by atoms with Gasteiger partial charge in [0.2, 0.25) is 0 Å². The normalized spacial score (nSPS) is 31.2. The summed E-state index contributed by atoms with van der Waals surface area (Å²) in [5.74, 6) is 2.53. The molecule has 4 atom stereocenters. The first-order valence-corrected chi connectivity index (χ1v) is 10.7. The Morgan fingerprint density at radius 3 is 2.70 bits per heavy atom. The van der Waals surface area contributed by atoms with Gasteiger partial charge in [0.15, 0.2) is 0 Å². The largest absolute Gasteiger partial charge is 0.337 e. The summed E-state index contributed by atoms with van der Waals surface area (Å²) >= 11 is 0. The molecule has 4 aliphatic rings. The van der Waals surface area contributed by atoms with Crippen molar-refractivity contribution >= 4 is 11.7 Å². The van der Waals surface area contributed by atoms with Crippen molar-refractivity contribution in [2.24, 2.45) is 28.3 Å². The molecule has 2 amide bonds. The zero-order valence-electron chi connectivity index (χ0n) is 16.9. The number of hydrogen-bond acceptors (Lipinski definition) is 2. The summed E-state index contributed by atoms with van der Waals surface area (Å²) in [6, 6.07) is 10.4. The molecule has 3 unspecified atom stereocenters. The van der Waals surface area contributed by atoms with Crippen LogP contribution in [0, 0.1) is 23.2 Å². The number of hydrogen-bond donors (Lipinski definition) is 1. The zero-order valence-corrected chi connectivity index (χ0v) is 16.9. The van der Waals surface area contributed by atoms with Crippen molar-refractivity contribution in [1.82, 2.24) is 10.3 Å². The summed E-state index contributed by atoms with van der Waals surface area (Å²) in [5.41, 5.74) is 2.86. The van der Waals surface area contributed by atoms with E-state index < -0.39 is 0 Å². The Kier molecular flexibility index (Phi) is 5.00. The Bertz CT molecular complexity index is 710. The molecule has 3 saturated carbocycles. The molecule has 5 rings (SSSR count). The Balaban J connectivity index is 1.37. The maximum absolute atomic E-state index is 12.8. The van der Waals surface area contributed by atoms with Gasteiger partial charge in [0, 0.05) is 18.2 Å².